The molecule has 1 fully saturated rings. The minimum absolute atomic E-state index is 0.271. The molecule has 1 aliphatic rings. The van der Waals surface area contributed by atoms with Crippen LogP contribution in [0.25, 0.3) is 0 Å². The summed E-state index contributed by atoms with van der Waals surface area (Å²) in [6.45, 7) is 5.47. The van der Waals surface area contributed by atoms with E-state index in [9.17, 15) is 0 Å². The number of aliphatic hydroxyl groups is 1. The zero-order valence-corrected chi connectivity index (χ0v) is 9.99. The normalized spacial score (nSPS) is 28.1. The number of aliphatic hydroxyl groups excluding tert-OH is 1. The van der Waals surface area contributed by atoms with Crippen molar-refractivity contribution in [2.75, 3.05) is 27.3 Å². The first-order valence-electron chi connectivity index (χ1n) is 5.53. The van der Waals surface area contributed by atoms with Gasteiger partial charge in [-0.2, -0.15) is 0 Å². The van der Waals surface area contributed by atoms with Gasteiger partial charge in [-0.05, 0) is 19.9 Å². The topological polar surface area (TPSA) is 32.7 Å². The summed E-state index contributed by atoms with van der Waals surface area (Å²) in [6.07, 6.45) is 3.74. The van der Waals surface area contributed by atoms with Gasteiger partial charge in [0, 0.05) is 19.7 Å². The second-order valence-electron chi connectivity index (χ2n) is 3.92. The van der Waals surface area contributed by atoms with Gasteiger partial charge in [-0.25, -0.2) is 0 Å². The van der Waals surface area contributed by atoms with Crippen molar-refractivity contribution in [1.82, 2.24) is 4.90 Å². The van der Waals surface area contributed by atoms with Crippen molar-refractivity contribution in [3.8, 4) is 0 Å². The molecule has 0 bridgehead atoms. The highest BCUT2D eigenvalue weighted by molar-refractivity contribution is 4.78. The molecule has 1 saturated heterocycles. The summed E-state index contributed by atoms with van der Waals surface area (Å²) >= 11 is 0. The number of rotatable bonds is 2. The van der Waals surface area contributed by atoms with Crippen LogP contribution in [0.2, 0.25) is 0 Å². The Morgan fingerprint density at radius 1 is 1.36 bits per heavy atom. The van der Waals surface area contributed by atoms with E-state index in [4.69, 9.17) is 9.84 Å². The molecule has 1 heterocycles. The van der Waals surface area contributed by atoms with E-state index in [0.29, 0.717) is 12.1 Å². The Labute approximate surface area is 88.1 Å². The third-order valence-electron chi connectivity index (χ3n) is 2.48. The van der Waals surface area contributed by atoms with Crippen LogP contribution < -0.4 is 0 Å². The van der Waals surface area contributed by atoms with Crippen LogP contribution in [0.5, 0.6) is 0 Å². The van der Waals surface area contributed by atoms with Crippen LogP contribution >= 0.6 is 0 Å². The van der Waals surface area contributed by atoms with Gasteiger partial charge < -0.3 is 9.84 Å². The van der Waals surface area contributed by atoms with Gasteiger partial charge in [0.15, 0.2) is 0 Å². The van der Waals surface area contributed by atoms with Crippen molar-refractivity contribution in [2.24, 2.45) is 0 Å². The maximum Gasteiger partial charge on any atom is 0.0698 e. The fraction of sp³-hybridized carbons (Fsp3) is 1.00. The Morgan fingerprint density at radius 3 is 2.29 bits per heavy atom. The number of nitrogens with zero attached hydrogens (tertiary/aromatic N) is 1. The molecule has 1 rings (SSSR count). The molecule has 0 spiro atoms. The maximum absolute atomic E-state index is 8.94. The van der Waals surface area contributed by atoms with Gasteiger partial charge in [0.1, 0.15) is 0 Å². The first-order valence-corrected chi connectivity index (χ1v) is 5.53. The fourth-order valence-corrected chi connectivity index (χ4v) is 1.58. The zero-order chi connectivity index (χ0) is 11.0. The molecule has 0 aromatic heterocycles. The SMILES string of the molecule is CCC.COC1CCC(CO)N(C)C1. The van der Waals surface area contributed by atoms with Gasteiger partial charge in [0.25, 0.3) is 0 Å². The number of hydrogen-bond acceptors (Lipinski definition) is 3. The van der Waals surface area contributed by atoms with Crippen molar-refractivity contribution >= 4 is 0 Å². The Bertz CT molecular complexity index is 130. The third-order valence-corrected chi connectivity index (χ3v) is 2.48. The number of piperidine rings is 1. The Hall–Kier alpha value is -0.120. The lowest BCUT2D eigenvalue weighted by Crippen LogP contribution is -2.45. The minimum atomic E-state index is 0.271. The lowest BCUT2D eigenvalue weighted by molar-refractivity contribution is 0.00279. The second-order valence-corrected chi connectivity index (χ2v) is 3.92. The molecule has 0 aliphatic carbocycles. The minimum Gasteiger partial charge on any atom is -0.395 e. The summed E-state index contributed by atoms with van der Waals surface area (Å²) in [6, 6.07) is 0.349. The summed E-state index contributed by atoms with van der Waals surface area (Å²) in [7, 11) is 3.78. The van der Waals surface area contributed by atoms with Crippen molar-refractivity contribution < 1.29 is 9.84 Å². The first-order chi connectivity index (χ1) is 6.69. The molecule has 1 N–H and O–H groups in total. The smallest absolute Gasteiger partial charge is 0.0698 e. The Kier molecular flexibility index (Phi) is 8.14. The van der Waals surface area contributed by atoms with Crippen molar-refractivity contribution in [3.05, 3.63) is 0 Å². The number of likely N-dealkylation sites (N-methyl/N-ethyl adjacent to an activating group) is 1. The fourth-order valence-electron chi connectivity index (χ4n) is 1.58. The number of methoxy groups -OCH3 is 1. The van der Waals surface area contributed by atoms with Gasteiger partial charge in [-0.1, -0.05) is 20.3 Å². The average Bonchev–Trinajstić information content (AvgIpc) is 2.19. The van der Waals surface area contributed by atoms with Crippen LogP contribution in [0.15, 0.2) is 0 Å². The molecule has 0 aromatic rings. The Morgan fingerprint density at radius 2 is 1.93 bits per heavy atom. The highest BCUT2D eigenvalue weighted by Gasteiger charge is 2.24. The van der Waals surface area contributed by atoms with Crippen molar-refractivity contribution in [1.29, 1.82) is 0 Å². The number of ether oxygens (including phenoxy) is 1. The summed E-state index contributed by atoms with van der Waals surface area (Å²) in [5.74, 6) is 0. The molecule has 0 aromatic carbocycles. The van der Waals surface area contributed by atoms with Gasteiger partial charge in [0.2, 0.25) is 0 Å². The van der Waals surface area contributed by atoms with Crippen molar-refractivity contribution in [2.45, 2.75) is 45.3 Å². The maximum atomic E-state index is 8.94. The standard InChI is InChI=1S/C8H17NO2.C3H8/c1-9-5-8(11-2)4-3-7(9)6-10;1-3-2/h7-8,10H,3-6H2,1-2H3;3H2,1-2H3. The van der Waals surface area contributed by atoms with E-state index in [1.807, 2.05) is 7.05 Å². The van der Waals surface area contributed by atoms with Crippen LogP contribution in [-0.2, 0) is 4.74 Å². The van der Waals surface area contributed by atoms with E-state index in [-0.39, 0.29) is 6.61 Å². The predicted molar refractivity (Wildman–Crippen MR) is 59.5 cm³/mol. The van der Waals surface area contributed by atoms with Crippen LogP contribution in [0.1, 0.15) is 33.1 Å². The molecule has 3 nitrogen and oxygen atoms in total. The number of likely N-dealkylation sites (tertiary alicyclic amines) is 1. The van der Waals surface area contributed by atoms with E-state index < -0.39 is 0 Å². The number of hydrogen-bond donors (Lipinski definition) is 1. The largest absolute Gasteiger partial charge is 0.395 e. The summed E-state index contributed by atoms with van der Waals surface area (Å²) in [4.78, 5) is 2.16. The Balaban J connectivity index is 0.000000500. The molecule has 0 saturated carbocycles. The van der Waals surface area contributed by atoms with Gasteiger partial charge in [-0.15, -0.1) is 0 Å². The van der Waals surface area contributed by atoms with E-state index in [0.717, 1.165) is 19.4 Å². The lowest BCUT2D eigenvalue weighted by Gasteiger charge is -2.35. The molecule has 86 valence electrons. The monoisotopic (exact) mass is 203 g/mol. The lowest BCUT2D eigenvalue weighted by atomic mass is 10.0. The molecule has 2 unspecified atom stereocenters. The molecule has 2 atom stereocenters. The molecule has 14 heavy (non-hydrogen) atoms. The van der Waals surface area contributed by atoms with Crippen LogP contribution in [0, 0.1) is 0 Å². The highest BCUT2D eigenvalue weighted by Crippen LogP contribution is 2.16. The zero-order valence-electron chi connectivity index (χ0n) is 9.99. The highest BCUT2D eigenvalue weighted by atomic mass is 16.5. The van der Waals surface area contributed by atoms with E-state index in [2.05, 4.69) is 18.7 Å². The molecule has 1 aliphatic heterocycles. The molecule has 3 heteroatoms. The summed E-state index contributed by atoms with van der Waals surface area (Å²) in [5, 5.41) is 8.94. The van der Waals surface area contributed by atoms with Crippen LogP contribution in [0.3, 0.4) is 0 Å². The molecule has 0 amide bonds. The van der Waals surface area contributed by atoms with Gasteiger partial charge in [-0.3, -0.25) is 4.90 Å². The summed E-state index contributed by atoms with van der Waals surface area (Å²) < 4.78 is 5.23. The first kappa shape index (κ1) is 13.9. The van der Waals surface area contributed by atoms with Gasteiger partial charge >= 0.3 is 0 Å². The van der Waals surface area contributed by atoms with Crippen LogP contribution in [-0.4, -0.2) is 49.5 Å². The average molecular weight is 203 g/mol. The third kappa shape index (κ3) is 4.94. The predicted octanol–water partition coefficient (Wildman–Crippen LogP) is 1.50. The summed E-state index contributed by atoms with van der Waals surface area (Å²) in [5.41, 5.74) is 0. The van der Waals surface area contributed by atoms with Gasteiger partial charge in [0.05, 0.1) is 12.7 Å². The molecular formula is C11H25NO2. The molecular weight excluding hydrogens is 178 g/mol. The van der Waals surface area contributed by atoms with Crippen LogP contribution in [0.4, 0.5) is 0 Å². The van der Waals surface area contributed by atoms with Crippen molar-refractivity contribution in [3.63, 3.8) is 0 Å². The van der Waals surface area contributed by atoms with E-state index >= 15 is 0 Å². The quantitative estimate of drug-likeness (QED) is 0.738. The van der Waals surface area contributed by atoms with E-state index in [1.165, 1.54) is 6.42 Å². The molecule has 0 radical (unpaired) electrons. The van der Waals surface area contributed by atoms with E-state index in [1.54, 1.807) is 7.11 Å². The second kappa shape index (κ2) is 8.21.